The maximum atomic E-state index is 11.5. The highest BCUT2D eigenvalue weighted by Gasteiger charge is 2.09. The molecule has 0 aliphatic carbocycles. The van der Waals surface area contributed by atoms with E-state index in [1.54, 1.807) is 6.07 Å². The molecule has 0 N–H and O–H groups in total. The van der Waals surface area contributed by atoms with Crippen molar-refractivity contribution in [2.24, 2.45) is 5.92 Å². The first-order chi connectivity index (χ1) is 8.60. The maximum absolute atomic E-state index is 11.5. The molecule has 2 nitrogen and oxygen atoms in total. The molecule has 2 aromatic rings. The first-order valence-corrected chi connectivity index (χ1v) is 5.82. The molecule has 0 saturated carbocycles. The molecular formula is C16H14O2. The zero-order valence-electron chi connectivity index (χ0n) is 10.4. The van der Waals surface area contributed by atoms with E-state index in [1.807, 2.05) is 44.2 Å². The molecule has 0 radical (unpaired) electrons. The molecule has 2 rings (SSSR count). The Hall–Kier alpha value is -2.27. The third-order valence-corrected chi connectivity index (χ3v) is 2.67. The standard InChI is InChI=1S/C16H14O2/c1-4-12-5-6-14-10-15(8-7-13(14)9-12)18-16(17)11(2)3/h1,5-11H,2-3H3. The number of hydrogen-bond acceptors (Lipinski definition) is 2. The molecule has 90 valence electrons. The molecular weight excluding hydrogens is 224 g/mol. The molecule has 2 heteroatoms. The van der Waals surface area contributed by atoms with Gasteiger partial charge in [0.1, 0.15) is 5.75 Å². The molecule has 0 fully saturated rings. The van der Waals surface area contributed by atoms with E-state index in [4.69, 9.17) is 11.2 Å². The number of carbonyl (C=O) groups is 1. The molecule has 0 aromatic heterocycles. The highest BCUT2D eigenvalue weighted by Crippen LogP contribution is 2.22. The van der Waals surface area contributed by atoms with E-state index in [9.17, 15) is 4.79 Å². The number of carbonyl (C=O) groups excluding carboxylic acids is 1. The van der Waals surface area contributed by atoms with Crippen molar-refractivity contribution in [3.63, 3.8) is 0 Å². The van der Waals surface area contributed by atoms with Crippen LogP contribution in [0.1, 0.15) is 19.4 Å². The van der Waals surface area contributed by atoms with Gasteiger partial charge in [-0.3, -0.25) is 4.79 Å². The average molecular weight is 238 g/mol. The summed E-state index contributed by atoms with van der Waals surface area (Å²) in [6.45, 7) is 3.62. The second-order valence-electron chi connectivity index (χ2n) is 4.44. The van der Waals surface area contributed by atoms with E-state index in [0.717, 1.165) is 16.3 Å². The van der Waals surface area contributed by atoms with Crippen molar-refractivity contribution in [1.82, 2.24) is 0 Å². The number of esters is 1. The number of terminal acetylenes is 1. The van der Waals surface area contributed by atoms with Crippen LogP contribution in [-0.2, 0) is 4.79 Å². The monoisotopic (exact) mass is 238 g/mol. The lowest BCUT2D eigenvalue weighted by Gasteiger charge is -2.07. The van der Waals surface area contributed by atoms with E-state index >= 15 is 0 Å². The van der Waals surface area contributed by atoms with Crippen LogP contribution < -0.4 is 4.74 Å². The second kappa shape index (κ2) is 4.93. The van der Waals surface area contributed by atoms with E-state index in [-0.39, 0.29) is 11.9 Å². The van der Waals surface area contributed by atoms with Crippen molar-refractivity contribution in [3.05, 3.63) is 42.0 Å². The van der Waals surface area contributed by atoms with Gasteiger partial charge < -0.3 is 4.74 Å². The predicted molar refractivity (Wildman–Crippen MR) is 72.4 cm³/mol. The molecule has 0 unspecified atom stereocenters. The number of rotatable bonds is 2. The minimum atomic E-state index is -0.227. The summed E-state index contributed by atoms with van der Waals surface area (Å²) in [4.78, 5) is 11.5. The van der Waals surface area contributed by atoms with Gasteiger partial charge in [-0.25, -0.2) is 0 Å². The van der Waals surface area contributed by atoms with Crippen molar-refractivity contribution in [2.75, 3.05) is 0 Å². The fourth-order valence-corrected chi connectivity index (χ4v) is 1.61. The lowest BCUT2D eigenvalue weighted by atomic mass is 10.1. The van der Waals surface area contributed by atoms with Gasteiger partial charge in [-0.05, 0) is 35.0 Å². The van der Waals surface area contributed by atoms with Crippen molar-refractivity contribution in [1.29, 1.82) is 0 Å². The zero-order chi connectivity index (χ0) is 13.1. The van der Waals surface area contributed by atoms with Crippen molar-refractivity contribution in [3.8, 4) is 18.1 Å². The molecule has 0 aliphatic rings. The Bertz CT molecular complexity index is 633. The van der Waals surface area contributed by atoms with Crippen molar-refractivity contribution in [2.45, 2.75) is 13.8 Å². The van der Waals surface area contributed by atoms with E-state index in [2.05, 4.69) is 5.92 Å². The fourth-order valence-electron chi connectivity index (χ4n) is 1.61. The Morgan fingerprint density at radius 3 is 2.50 bits per heavy atom. The highest BCUT2D eigenvalue weighted by molar-refractivity contribution is 5.86. The predicted octanol–water partition coefficient (Wildman–Crippen LogP) is 3.38. The van der Waals surface area contributed by atoms with Crippen molar-refractivity contribution >= 4 is 16.7 Å². The van der Waals surface area contributed by atoms with Gasteiger partial charge >= 0.3 is 5.97 Å². The fraction of sp³-hybridized carbons (Fsp3) is 0.188. The quantitative estimate of drug-likeness (QED) is 0.455. The van der Waals surface area contributed by atoms with Gasteiger partial charge in [0.2, 0.25) is 0 Å². The van der Waals surface area contributed by atoms with Crippen LogP contribution in [0.5, 0.6) is 5.75 Å². The Balaban J connectivity index is 2.34. The number of fused-ring (bicyclic) bond motifs is 1. The van der Waals surface area contributed by atoms with Crippen LogP contribution in [0.15, 0.2) is 36.4 Å². The minimum Gasteiger partial charge on any atom is -0.426 e. The van der Waals surface area contributed by atoms with Gasteiger partial charge in [-0.15, -0.1) is 6.42 Å². The third-order valence-electron chi connectivity index (χ3n) is 2.67. The summed E-state index contributed by atoms with van der Waals surface area (Å²) in [5.41, 5.74) is 0.842. The maximum Gasteiger partial charge on any atom is 0.313 e. The number of ether oxygens (including phenoxy) is 1. The average Bonchev–Trinajstić information content (AvgIpc) is 2.37. The van der Waals surface area contributed by atoms with Crippen LogP contribution in [-0.4, -0.2) is 5.97 Å². The van der Waals surface area contributed by atoms with Gasteiger partial charge in [-0.2, -0.15) is 0 Å². The zero-order valence-corrected chi connectivity index (χ0v) is 10.4. The largest absolute Gasteiger partial charge is 0.426 e. The molecule has 0 atom stereocenters. The summed E-state index contributed by atoms with van der Waals surface area (Å²) in [6, 6.07) is 11.3. The third kappa shape index (κ3) is 2.52. The minimum absolute atomic E-state index is 0.135. The Morgan fingerprint density at radius 2 is 1.83 bits per heavy atom. The molecule has 0 amide bonds. The Kier molecular flexibility index (Phi) is 3.34. The van der Waals surface area contributed by atoms with E-state index in [1.165, 1.54) is 0 Å². The Morgan fingerprint density at radius 1 is 1.17 bits per heavy atom. The van der Waals surface area contributed by atoms with Crippen LogP contribution in [0.4, 0.5) is 0 Å². The van der Waals surface area contributed by atoms with Crippen molar-refractivity contribution < 1.29 is 9.53 Å². The number of benzene rings is 2. The highest BCUT2D eigenvalue weighted by atomic mass is 16.5. The molecule has 0 saturated heterocycles. The SMILES string of the molecule is C#Cc1ccc2cc(OC(=O)C(C)C)ccc2c1. The van der Waals surface area contributed by atoms with Crippen LogP contribution >= 0.6 is 0 Å². The summed E-state index contributed by atoms with van der Waals surface area (Å²) in [7, 11) is 0. The van der Waals surface area contributed by atoms with Crippen LogP contribution in [0.2, 0.25) is 0 Å². The first kappa shape index (κ1) is 12.2. The van der Waals surface area contributed by atoms with E-state index < -0.39 is 0 Å². The smallest absolute Gasteiger partial charge is 0.313 e. The van der Waals surface area contributed by atoms with Crippen LogP contribution in [0.25, 0.3) is 10.8 Å². The topological polar surface area (TPSA) is 26.3 Å². The lowest BCUT2D eigenvalue weighted by Crippen LogP contribution is -2.14. The molecule has 2 aromatic carbocycles. The molecule has 0 aliphatic heterocycles. The summed E-state index contributed by atoms with van der Waals surface area (Å²) < 4.78 is 5.26. The lowest BCUT2D eigenvalue weighted by molar-refractivity contribution is -0.137. The molecule has 0 bridgehead atoms. The summed E-state index contributed by atoms with van der Waals surface area (Å²) in [5, 5.41) is 2.04. The molecule has 0 spiro atoms. The van der Waals surface area contributed by atoms with E-state index in [0.29, 0.717) is 5.75 Å². The van der Waals surface area contributed by atoms with Gasteiger partial charge in [-0.1, -0.05) is 31.9 Å². The summed E-state index contributed by atoms with van der Waals surface area (Å²) in [5.74, 6) is 2.80. The normalized spacial score (nSPS) is 10.3. The summed E-state index contributed by atoms with van der Waals surface area (Å²) in [6.07, 6.45) is 5.35. The van der Waals surface area contributed by atoms with Gasteiger partial charge in [0.25, 0.3) is 0 Å². The van der Waals surface area contributed by atoms with Crippen LogP contribution in [0, 0.1) is 18.3 Å². The van der Waals surface area contributed by atoms with Gasteiger partial charge in [0.05, 0.1) is 5.92 Å². The second-order valence-corrected chi connectivity index (χ2v) is 4.44. The van der Waals surface area contributed by atoms with Crippen LogP contribution in [0.3, 0.4) is 0 Å². The summed E-state index contributed by atoms with van der Waals surface area (Å²) >= 11 is 0. The van der Waals surface area contributed by atoms with Gasteiger partial charge in [0.15, 0.2) is 0 Å². The molecule has 18 heavy (non-hydrogen) atoms. The van der Waals surface area contributed by atoms with Gasteiger partial charge in [0, 0.05) is 5.56 Å². The number of hydrogen-bond donors (Lipinski definition) is 0. The Labute approximate surface area is 107 Å². The molecule has 0 heterocycles. The first-order valence-electron chi connectivity index (χ1n) is 5.82.